The van der Waals surface area contributed by atoms with Crippen molar-refractivity contribution in [3.8, 4) is 0 Å². The molecule has 19 heavy (non-hydrogen) atoms. The molecule has 1 fully saturated rings. The molecule has 0 spiro atoms. The Balaban J connectivity index is 2.44. The number of nitrogens with zero attached hydrogens (tertiary/aromatic N) is 1. The summed E-state index contributed by atoms with van der Waals surface area (Å²) in [6.07, 6.45) is 8.05. The van der Waals surface area contributed by atoms with Crippen LogP contribution in [0.1, 0.15) is 58.8 Å². The molecule has 1 saturated carbocycles. The zero-order valence-corrected chi connectivity index (χ0v) is 13.4. The number of rotatable bonds is 7. The second-order valence-corrected chi connectivity index (χ2v) is 7.11. The molecule has 1 atom stereocenters. The van der Waals surface area contributed by atoms with E-state index in [4.69, 9.17) is 0 Å². The molecule has 1 rings (SSSR count). The lowest BCUT2D eigenvalue weighted by molar-refractivity contribution is 0.0212. The van der Waals surface area contributed by atoms with Gasteiger partial charge in [0.25, 0.3) is 0 Å². The highest BCUT2D eigenvalue weighted by Gasteiger charge is 2.28. The summed E-state index contributed by atoms with van der Waals surface area (Å²) in [5.41, 5.74) is -0.460. The highest BCUT2D eigenvalue weighted by molar-refractivity contribution is 4.85. The van der Waals surface area contributed by atoms with Gasteiger partial charge in [0.2, 0.25) is 0 Å². The van der Waals surface area contributed by atoms with Crippen molar-refractivity contribution >= 4 is 0 Å². The molecule has 1 aliphatic rings. The molecule has 3 heteroatoms. The predicted molar refractivity (Wildman–Crippen MR) is 82.5 cm³/mol. The molecule has 0 saturated heterocycles. The van der Waals surface area contributed by atoms with Crippen LogP contribution in [0.25, 0.3) is 0 Å². The lowest BCUT2D eigenvalue weighted by Gasteiger charge is -2.31. The van der Waals surface area contributed by atoms with Crippen LogP contribution in [0.2, 0.25) is 0 Å². The molecule has 2 N–H and O–H groups in total. The van der Waals surface area contributed by atoms with Gasteiger partial charge in [-0.15, -0.1) is 0 Å². The standard InChI is InChI=1S/C16H34N2O/c1-14(2)11-15(12-18(3)4)17-13-16(19)9-7-5-6-8-10-16/h14-15,17,19H,5-13H2,1-4H3. The van der Waals surface area contributed by atoms with Gasteiger partial charge in [0.05, 0.1) is 5.60 Å². The van der Waals surface area contributed by atoms with Crippen LogP contribution in [0.5, 0.6) is 0 Å². The SMILES string of the molecule is CC(C)CC(CN(C)C)NCC1(O)CCCCCC1. The molecule has 114 valence electrons. The van der Waals surface area contributed by atoms with Gasteiger partial charge < -0.3 is 15.3 Å². The fourth-order valence-electron chi connectivity index (χ4n) is 3.13. The summed E-state index contributed by atoms with van der Waals surface area (Å²) in [7, 11) is 4.24. The molecule has 1 aliphatic carbocycles. The molecule has 0 amide bonds. The number of nitrogens with one attached hydrogen (secondary N) is 1. The Morgan fingerprint density at radius 2 is 1.68 bits per heavy atom. The Hall–Kier alpha value is -0.120. The van der Waals surface area contributed by atoms with Gasteiger partial charge in [-0.25, -0.2) is 0 Å². The van der Waals surface area contributed by atoms with E-state index in [1.807, 2.05) is 0 Å². The van der Waals surface area contributed by atoms with Crippen LogP contribution in [0.4, 0.5) is 0 Å². The zero-order chi connectivity index (χ0) is 14.3. The van der Waals surface area contributed by atoms with Crippen LogP contribution in [0.3, 0.4) is 0 Å². The average molecular weight is 270 g/mol. The minimum atomic E-state index is -0.460. The normalized spacial score (nSPS) is 21.6. The summed E-state index contributed by atoms with van der Waals surface area (Å²) in [5.74, 6) is 0.696. The molecule has 0 aromatic carbocycles. The monoisotopic (exact) mass is 270 g/mol. The van der Waals surface area contributed by atoms with Crippen LogP contribution in [-0.2, 0) is 0 Å². The van der Waals surface area contributed by atoms with Crippen LogP contribution in [-0.4, -0.2) is 48.8 Å². The highest BCUT2D eigenvalue weighted by Crippen LogP contribution is 2.26. The topological polar surface area (TPSA) is 35.5 Å². The van der Waals surface area contributed by atoms with E-state index >= 15 is 0 Å². The first-order valence-corrected chi connectivity index (χ1v) is 8.02. The van der Waals surface area contributed by atoms with Gasteiger partial charge in [0.1, 0.15) is 0 Å². The van der Waals surface area contributed by atoms with E-state index in [1.54, 1.807) is 0 Å². The minimum Gasteiger partial charge on any atom is -0.389 e. The number of likely N-dealkylation sites (N-methyl/N-ethyl adjacent to an activating group) is 1. The zero-order valence-electron chi connectivity index (χ0n) is 13.4. The van der Waals surface area contributed by atoms with Crippen molar-refractivity contribution in [2.24, 2.45) is 5.92 Å². The molecule has 0 aliphatic heterocycles. The maximum absolute atomic E-state index is 10.7. The molecular weight excluding hydrogens is 236 g/mol. The van der Waals surface area contributed by atoms with Crippen LogP contribution in [0.15, 0.2) is 0 Å². The Kier molecular flexibility index (Phi) is 7.33. The van der Waals surface area contributed by atoms with E-state index < -0.39 is 5.60 Å². The molecule has 0 aromatic rings. The van der Waals surface area contributed by atoms with E-state index in [-0.39, 0.29) is 0 Å². The van der Waals surface area contributed by atoms with Crippen molar-refractivity contribution in [3.63, 3.8) is 0 Å². The van der Waals surface area contributed by atoms with Gasteiger partial charge in [-0.3, -0.25) is 0 Å². The fourth-order valence-corrected chi connectivity index (χ4v) is 3.13. The molecule has 3 nitrogen and oxygen atoms in total. The smallest absolute Gasteiger partial charge is 0.0771 e. The molecular formula is C16H34N2O. The molecule has 0 aromatic heterocycles. The van der Waals surface area contributed by atoms with Crippen molar-refractivity contribution < 1.29 is 5.11 Å². The molecule has 1 unspecified atom stereocenters. The van der Waals surface area contributed by atoms with E-state index in [2.05, 4.69) is 38.2 Å². The summed E-state index contributed by atoms with van der Waals surface area (Å²) in [5, 5.41) is 14.3. The van der Waals surface area contributed by atoms with Gasteiger partial charge in [-0.1, -0.05) is 39.5 Å². The van der Waals surface area contributed by atoms with E-state index in [0.29, 0.717) is 12.0 Å². The number of hydrogen-bond donors (Lipinski definition) is 2. The fraction of sp³-hybridized carbons (Fsp3) is 1.00. The second-order valence-electron chi connectivity index (χ2n) is 7.11. The third-order valence-electron chi connectivity index (χ3n) is 4.10. The summed E-state index contributed by atoms with van der Waals surface area (Å²) >= 11 is 0. The third kappa shape index (κ3) is 7.28. The summed E-state index contributed by atoms with van der Waals surface area (Å²) < 4.78 is 0. The van der Waals surface area contributed by atoms with Crippen LogP contribution < -0.4 is 5.32 Å². The first-order valence-electron chi connectivity index (χ1n) is 8.02. The van der Waals surface area contributed by atoms with Crippen molar-refractivity contribution in [2.45, 2.75) is 70.4 Å². The average Bonchev–Trinajstić information content (AvgIpc) is 2.50. The van der Waals surface area contributed by atoms with E-state index in [1.165, 1.54) is 32.1 Å². The molecule has 0 radical (unpaired) electrons. The summed E-state index contributed by atoms with van der Waals surface area (Å²) in [6.45, 7) is 6.35. The largest absolute Gasteiger partial charge is 0.389 e. The highest BCUT2D eigenvalue weighted by atomic mass is 16.3. The van der Waals surface area contributed by atoms with Crippen molar-refractivity contribution in [1.82, 2.24) is 10.2 Å². The third-order valence-corrected chi connectivity index (χ3v) is 4.10. The molecule has 0 heterocycles. The van der Waals surface area contributed by atoms with Crippen molar-refractivity contribution in [2.75, 3.05) is 27.2 Å². The van der Waals surface area contributed by atoms with Crippen molar-refractivity contribution in [3.05, 3.63) is 0 Å². The minimum absolute atomic E-state index is 0.460. The summed E-state index contributed by atoms with van der Waals surface area (Å²) in [6, 6.07) is 0.488. The Labute approximate surface area is 119 Å². The summed E-state index contributed by atoms with van der Waals surface area (Å²) in [4.78, 5) is 2.23. The van der Waals surface area contributed by atoms with E-state index in [9.17, 15) is 5.11 Å². The lowest BCUT2D eigenvalue weighted by Crippen LogP contribution is -2.47. The first-order chi connectivity index (χ1) is 8.91. The Bertz CT molecular complexity index is 223. The quantitative estimate of drug-likeness (QED) is 0.698. The van der Waals surface area contributed by atoms with Crippen LogP contribution in [0, 0.1) is 5.92 Å². The van der Waals surface area contributed by atoms with Gasteiger partial charge in [-0.05, 0) is 39.3 Å². The number of aliphatic hydroxyl groups is 1. The maximum Gasteiger partial charge on any atom is 0.0771 e. The van der Waals surface area contributed by atoms with Gasteiger partial charge in [0, 0.05) is 19.1 Å². The maximum atomic E-state index is 10.7. The second kappa shape index (κ2) is 8.23. The Morgan fingerprint density at radius 3 is 2.16 bits per heavy atom. The predicted octanol–water partition coefficient (Wildman–Crippen LogP) is 2.64. The van der Waals surface area contributed by atoms with Crippen molar-refractivity contribution in [1.29, 1.82) is 0 Å². The van der Waals surface area contributed by atoms with E-state index in [0.717, 1.165) is 25.9 Å². The van der Waals surface area contributed by atoms with Crippen LogP contribution >= 0.6 is 0 Å². The first kappa shape index (κ1) is 16.9. The van der Waals surface area contributed by atoms with Gasteiger partial charge in [-0.2, -0.15) is 0 Å². The van der Waals surface area contributed by atoms with Gasteiger partial charge >= 0.3 is 0 Å². The lowest BCUT2D eigenvalue weighted by atomic mass is 9.93. The Morgan fingerprint density at radius 1 is 1.11 bits per heavy atom. The van der Waals surface area contributed by atoms with Gasteiger partial charge in [0.15, 0.2) is 0 Å². The number of hydrogen-bond acceptors (Lipinski definition) is 3. The molecule has 0 bridgehead atoms.